The number of nitrogens with two attached hydrogens (primary N) is 1. The zero-order valence-corrected chi connectivity index (χ0v) is 12.9. The molecule has 1 rings (SSSR count). The summed E-state index contributed by atoms with van der Waals surface area (Å²) in [4.78, 5) is 1.98. The fraction of sp³-hybridized carbons (Fsp3) is 0.500. The summed E-state index contributed by atoms with van der Waals surface area (Å²) in [5, 5.41) is 0.196. The van der Waals surface area contributed by atoms with Crippen LogP contribution < -0.4 is 10.5 Å². The Kier molecular flexibility index (Phi) is 5.76. The standard InChI is InChI=1S/C12H20ClN3O2S/c1-9(8-16(2)3)15-19(17,18)12-6-10(7-14)4-5-11(12)13/h4-6,9,15H,7-8,14H2,1-3H3. The number of benzene rings is 1. The van der Waals surface area contributed by atoms with Crippen LogP contribution in [0.3, 0.4) is 0 Å². The van der Waals surface area contributed by atoms with Crippen molar-refractivity contribution in [3.63, 3.8) is 0 Å². The molecule has 108 valence electrons. The van der Waals surface area contributed by atoms with Crippen LogP contribution in [0.15, 0.2) is 23.1 Å². The molecule has 0 bridgehead atoms. The van der Waals surface area contributed by atoms with Gasteiger partial charge < -0.3 is 10.6 Å². The Morgan fingerprint density at radius 1 is 1.42 bits per heavy atom. The van der Waals surface area contributed by atoms with Gasteiger partial charge >= 0.3 is 0 Å². The predicted octanol–water partition coefficient (Wildman–Crippen LogP) is 1.03. The summed E-state index contributed by atoms with van der Waals surface area (Å²) in [6, 6.07) is 4.56. The van der Waals surface area contributed by atoms with Crippen molar-refractivity contribution in [3.05, 3.63) is 28.8 Å². The van der Waals surface area contributed by atoms with E-state index in [-0.39, 0.29) is 22.5 Å². The minimum atomic E-state index is -3.63. The number of likely N-dealkylation sites (N-methyl/N-ethyl adjacent to an activating group) is 1. The fourth-order valence-electron chi connectivity index (χ4n) is 1.79. The second-order valence-corrected chi connectivity index (χ2v) is 6.84. The van der Waals surface area contributed by atoms with Crippen LogP contribution in [0.1, 0.15) is 12.5 Å². The lowest BCUT2D eigenvalue weighted by Gasteiger charge is -2.19. The SMILES string of the molecule is CC(CN(C)C)NS(=O)(=O)c1cc(CN)ccc1Cl. The second kappa shape index (κ2) is 6.67. The molecular weight excluding hydrogens is 286 g/mol. The second-order valence-electron chi connectivity index (χ2n) is 4.75. The van der Waals surface area contributed by atoms with E-state index < -0.39 is 10.0 Å². The predicted molar refractivity (Wildman–Crippen MR) is 77.7 cm³/mol. The van der Waals surface area contributed by atoms with Crippen molar-refractivity contribution in [2.24, 2.45) is 5.73 Å². The van der Waals surface area contributed by atoms with Gasteiger partial charge in [0.25, 0.3) is 0 Å². The third-order valence-electron chi connectivity index (χ3n) is 2.52. The van der Waals surface area contributed by atoms with Crippen molar-refractivity contribution in [1.29, 1.82) is 0 Å². The molecule has 1 atom stereocenters. The molecule has 0 fully saturated rings. The monoisotopic (exact) mass is 305 g/mol. The van der Waals surface area contributed by atoms with E-state index in [0.717, 1.165) is 5.56 Å². The van der Waals surface area contributed by atoms with E-state index in [1.54, 1.807) is 19.1 Å². The van der Waals surface area contributed by atoms with Crippen LogP contribution in [-0.2, 0) is 16.6 Å². The molecule has 0 saturated carbocycles. The Morgan fingerprint density at radius 3 is 2.58 bits per heavy atom. The first-order valence-corrected chi connectivity index (χ1v) is 7.78. The zero-order valence-electron chi connectivity index (χ0n) is 11.4. The Balaban J connectivity index is 3.00. The first-order valence-electron chi connectivity index (χ1n) is 5.92. The highest BCUT2D eigenvalue weighted by Crippen LogP contribution is 2.22. The number of rotatable bonds is 6. The first-order chi connectivity index (χ1) is 8.76. The molecule has 19 heavy (non-hydrogen) atoms. The molecule has 0 aliphatic carbocycles. The van der Waals surface area contributed by atoms with Gasteiger partial charge in [-0.15, -0.1) is 0 Å². The number of hydrogen-bond acceptors (Lipinski definition) is 4. The van der Waals surface area contributed by atoms with Gasteiger partial charge in [-0.05, 0) is 38.7 Å². The normalized spacial score (nSPS) is 13.8. The smallest absolute Gasteiger partial charge is 0.242 e. The van der Waals surface area contributed by atoms with Crippen molar-refractivity contribution in [2.75, 3.05) is 20.6 Å². The van der Waals surface area contributed by atoms with Crippen molar-refractivity contribution in [2.45, 2.75) is 24.4 Å². The molecule has 1 aromatic carbocycles. The molecular formula is C12H20ClN3O2S. The third-order valence-corrected chi connectivity index (χ3v) is 4.59. The largest absolute Gasteiger partial charge is 0.326 e. The van der Waals surface area contributed by atoms with Crippen LogP contribution >= 0.6 is 11.6 Å². The van der Waals surface area contributed by atoms with Crippen LogP contribution in [-0.4, -0.2) is 40.0 Å². The van der Waals surface area contributed by atoms with E-state index >= 15 is 0 Å². The van der Waals surface area contributed by atoms with Crippen LogP contribution in [0.25, 0.3) is 0 Å². The van der Waals surface area contributed by atoms with Gasteiger partial charge in [0.1, 0.15) is 4.90 Å². The highest BCUT2D eigenvalue weighted by Gasteiger charge is 2.21. The summed E-state index contributed by atoms with van der Waals surface area (Å²) >= 11 is 5.96. The summed E-state index contributed by atoms with van der Waals surface area (Å²) in [6.07, 6.45) is 0. The maximum absolute atomic E-state index is 12.3. The minimum absolute atomic E-state index is 0.0720. The van der Waals surface area contributed by atoms with Crippen LogP contribution in [0, 0.1) is 0 Å². The lowest BCUT2D eigenvalue weighted by molar-refractivity contribution is 0.370. The molecule has 0 radical (unpaired) electrons. The van der Waals surface area contributed by atoms with Gasteiger partial charge in [-0.25, -0.2) is 13.1 Å². The van der Waals surface area contributed by atoms with Crippen molar-refractivity contribution >= 4 is 21.6 Å². The van der Waals surface area contributed by atoms with Gasteiger partial charge in [0.15, 0.2) is 0 Å². The Bertz CT molecular complexity index is 532. The van der Waals surface area contributed by atoms with Gasteiger partial charge in [0.05, 0.1) is 5.02 Å². The van der Waals surface area contributed by atoms with E-state index in [1.165, 1.54) is 6.07 Å². The van der Waals surface area contributed by atoms with Gasteiger partial charge in [-0.3, -0.25) is 0 Å². The molecule has 3 N–H and O–H groups in total. The molecule has 0 aliphatic heterocycles. The van der Waals surface area contributed by atoms with Crippen molar-refractivity contribution in [3.8, 4) is 0 Å². The van der Waals surface area contributed by atoms with Crippen molar-refractivity contribution < 1.29 is 8.42 Å². The highest BCUT2D eigenvalue weighted by atomic mass is 35.5. The lowest BCUT2D eigenvalue weighted by Crippen LogP contribution is -2.39. The third kappa shape index (κ3) is 4.74. The molecule has 0 aromatic heterocycles. The minimum Gasteiger partial charge on any atom is -0.326 e. The topological polar surface area (TPSA) is 75.4 Å². The Morgan fingerprint density at radius 2 is 2.05 bits per heavy atom. The Hall–Kier alpha value is -0.660. The average molecular weight is 306 g/mol. The summed E-state index contributed by atoms with van der Waals surface area (Å²) in [6.45, 7) is 2.68. The van der Waals surface area contributed by atoms with Crippen LogP contribution in [0.5, 0.6) is 0 Å². The lowest BCUT2D eigenvalue weighted by atomic mass is 10.2. The maximum atomic E-state index is 12.3. The van der Waals surface area contributed by atoms with Crippen LogP contribution in [0.2, 0.25) is 5.02 Å². The van der Waals surface area contributed by atoms with E-state index in [9.17, 15) is 8.42 Å². The maximum Gasteiger partial charge on any atom is 0.242 e. The van der Waals surface area contributed by atoms with Crippen LogP contribution in [0.4, 0.5) is 0 Å². The number of nitrogens with one attached hydrogen (secondary N) is 1. The molecule has 1 aromatic rings. The Labute approximate surface area is 119 Å². The molecule has 7 heteroatoms. The quantitative estimate of drug-likeness (QED) is 0.823. The zero-order chi connectivity index (χ0) is 14.6. The van der Waals surface area contributed by atoms with E-state index in [1.807, 2.05) is 19.0 Å². The van der Waals surface area contributed by atoms with Gasteiger partial charge in [-0.2, -0.15) is 0 Å². The van der Waals surface area contributed by atoms with Gasteiger partial charge in [-0.1, -0.05) is 17.7 Å². The van der Waals surface area contributed by atoms with Gasteiger partial charge in [0, 0.05) is 19.1 Å². The van der Waals surface area contributed by atoms with E-state index in [2.05, 4.69) is 4.72 Å². The summed E-state index contributed by atoms with van der Waals surface area (Å²) < 4.78 is 27.1. The van der Waals surface area contributed by atoms with Crippen molar-refractivity contribution in [1.82, 2.24) is 9.62 Å². The van der Waals surface area contributed by atoms with E-state index in [4.69, 9.17) is 17.3 Å². The average Bonchev–Trinajstić information content (AvgIpc) is 2.27. The number of halogens is 1. The fourth-order valence-corrected chi connectivity index (χ4v) is 3.58. The van der Waals surface area contributed by atoms with Gasteiger partial charge in [0.2, 0.25) is 10.0 Å². The molecule has 0 aliphatic rings. The molecule has 5 nitrogen and oxygen atoms in total. The highest BCUT2D eigenvalue weighted by molar-refractivity contribution is 7.89. The molecule has 0 heterocycles. The number of hydrogen-bond donors (Lipinski definition) is 2. The van der Waals surface area contributed by atoms with E-state index in [0.29, 0.717) is 6.54 Å². The number of sulfonamides is 1. The molecule has 1 unspecified atom stereocenters. The molecule has 0 amide bonds. The first kappa shape index (κ1) is 16.4. The molecule has 0 saturated heterocycles. The summed E-state index contributed by atoms with van der Waals surface area (Å²) in [5.41, 5.74) is 6.24. The summed E-state index contributed by atoms with van der Waals surface area (Å²) in [7, 11) is 0.131. The number of nitrogens with zero attached hydrogens (tertiary/aromatic N) is 1. The summed E-state index contributed by atoms with van der Waals surface area (Å²) in [5.74, 6) is 0. The molecule has 0 spiro atoms.